The van der Waals surface area contributed by atoms with Gasteiger partial charge in [-0.2, -0.15) is 4.40 Å². The average Bonchev–Trinajstić information content (AvgIpc) is 3.54. The summed E-state index contributed by atoms with van der Waals surface area (Å²) in [6.07, 6.45) is 5.67. The number of imidazole rings is 1. The smallest absolute Gasteiger partial charge is 0.276 e. The zero-order chi connectivity index (χ0) is 24.7. The molecule has 0 saturated carbocycles. The van der Waals surface area contributed by atoms with E-state index in [0.29, 0.717) is 17.9 Å². The third kappa shape index (κ3) is 4.26. The lowest BCUT2D eigenvalue weighted by Crippen LogP contribution is -2.71. The van der Waals surface area contributed by atoms with Crippen molar-refractivity contribution in [2.45, 2.75) is 24.9 Å². The highest BCUT2D eigenvalue weighted by molar-refractivity contribution is 8.00. The maximum atomic E-state index is 13.0. The molecule has 12 nitrogen and oxygen atoms in total. The maximum Gasteiger partial charge on any atom is 0.276 e. The van der Waals surface area contributed by atoms with Crippen LogP contribution < -0.4 is 20.7 Å². The Morgan fingerprint density at radius 2 is 2.26 bits per heavy atom. The number of hydrogen-bond donors (Lipinski definition) is 2. The number of rotatable bonds is 8. The number of carbonyl (C=O) groups is 3. The van der Waals surface area contributed by atoms with Crippen molar-refractivity contribution >= 4 is 67.9 Å². The molecule has 15 heteroatoms. The summed E-state index contributed by atoms with van der Waals surface area (Å²) in [6, 6.07) is -0.932. The molecule has 0 bridgehead atoms. The molecule has 3 aromatic rings. The van der Waals surface area contributed by atoms with E-state index in [0.717, 1.165) is 16.2 Å². The molecule has 2 amide bonds. The van der Waals surface area contributed by atoms with Gasteiger partial charge in [0.05, 0.1) is 11.7 Å². The molecule has 0 aromatic carbocycles. The van der Waals surface area contributed by atoms with Crippen LogP contribution in [0.4, 0.5) is 5.13 Å². The number of nitrogens with one attached hydrogen (secondary N) is 1. The molecule has 5 rings (SSSR count). The van der Waals surface area contributed by atoms with Crippen molar-refractivity contribution in [2.75, 3.05) is 18.1 Å². The van der Waals surface area contributed by atoms with Crippen LogP contribution in [0.15, 0.2) is 45.9 Å². The van der Waals surface area contributed by atoms with Crippen molar-refractivity contribution in [3.05, 3.63) is 46.4 Å². The van der Waals surface area contributed by atoms with Gasteiger partial charge in [0.2, 0.25) is 11.2 Å². The fourth-order valence-corrected chi connectivity index (χ4v) is 6.51. The van der Waals surface area contributed by atoms with Gasteiger partial charge in [-0.05, 0) is 6.92 Å². The van der Waals surface area contributed by atoms with E-state index in [1.165, 1.54) is 16.7 Å². The van der Waals surface area contributed by atoms with Crippen molar-refractivity contribution in [3.8, 4) is 0 Å². The molecule has 35 heavy (non-hydrogen) atoms. The molecule has 2 aliphatic rings. The zero-order valence-electron chi connectivity index (χ0n) is 18.2. The number of thioether (sulfide) groups is 1. The van der Waals surface area contributed by atoms with Crippen LogP contribution in [0.5, 0.6) is 0 Å². The summed E-state index contributed by atoms with van der Waals surface area (Å²) in [5, 5.41) is 21.7. The van der Waals surface area contributed by atoms with E-state index in [9.17, 15) is 19.5 Å². The summed E-state index contributed by atoms with van der Waals surface area (Å²) < 4.78 is 3.80. The number of carbonyl (C=O) groups excluding carboxylic acids is 3. The van der Waals surface area contributed by atoms with Crippen LogP contribution in [0.25, 0.3) is 4.83 Å². The number of oxime groups is 1. The fourth-order valence-electron chi connectivity index (χ4n) is 3.87. The first kappa shape index (κ1) is 23.3. The molecule has 3 aromatic heterocycles. The highest BCUT2D eigenvalue weighted by Crippen LogP contribution is 2.40. The molecule has 2 aliphatic heterocycles. The summed E-state index contributed by atoms with van der Waals surface area (Å²) in [5.41, 5.74) is 6.18. The molecule has 182 valence electrons. The van der Waals surface area contributed by atoms with E-state index in [-0.39, 0.29) is 28.8 Å². The lowest BCUT2D eigenvalue weighted by Gasteiger charge is -2.50. The quantitative estimate of drug-likeness (QED) is 0.164. The number of β-lactam (4-membered cyclic amide) rings is 1. The van der Waals surface area contributed by atoms with Crippen LogP contribution in [0, 0.1) is 0 Å². The van der Waals surface area contributed by atoms with Gasteiger partial charge in [0.15, 0.2) is 10.8 Å². The molecule has 0 spiro atoms. The van der Waals surface area contributed by atoms with E-state index in [1.807, 2.05) is 33.1 Å². The second-order valence-corrected chi connectivity index (χ2v) is 10.5. The summed E-state index contributed by atoms with van der Waals surface area (Å²) >= 11 is 4.07. The first-order valence-corrected chi connectivity index (χ1v) is 13.2. The Morgan fingerprint density at radius 1 is 1.43 bits per heavy atom. The molecule has 0 radical (unpaired) electrons. The number of nitrogens with two attached hydrogens (primary N) is 1. The minimum absolute atomic E-state index is 0.117. The largest absolute Gasteiger partial charge is 0.543 e. The Kier molecular flexibility index (Phi) is 6.21. The Balaban J connectivity index is 1.35. The minimum Gasteiger partial charge on any atom is -0.543 e. The van der Waals surface area contributed by atoms with Crippen molar-refractivity contribution in [3.63, 3.8) is 0 Å². The summed E-state index contributed by atoms with van der Waals surface area (Å²) in [4.78, 5) is 49.2. The second kappa shape index (κ2) is 9.31. The molecule has 2 atom stereocenters. The van der Waals surface area contributed by atoms with Crippen LogP contribution in [0.3, 0.4) is 0 Å². The Bertz CT molecular complexity index is 1360. The van der Waals surface area contributed by atoms with Crippen LogP contribution in [-0.2, 0) is 25.8 Å². The third-order valence-electron chi connectivity index (χ3n) is 5.38. The normalized spacial score (nSPS) is 20.1. The standard InChI is InChI=1S/C20H19N7O5S3/c1-2-32-24-13(11-8-35-20(21)22-11)16(28)23-14-17(29)27-15(19(30)31)10(7-34-18(14)27)5-25-6-12-26(9-25)3-4-33-12/h3-4,6,8-9,14,18H,2,5,7H2,1H3,(H3-,21,22,23,28,30,31)/b24-13-/t14-,18-/m1/s1. The van der Waals surface area contributed by atoms with Crippen LogP contribution in [-0.4, -0.2) is 61.6 Å². The van der Waals surface area contributed by atoms with Crippen molar-refractivity contribution in [1.82, 2.24) is 19.6 Å². The van der Waals surface area contributed by atoms with Gasteiger partial charge in [0.25, 0.3) is 11.8 Å². The van der Waals surface area contributed by atoms with Gasteiger partial charge in [-0.3, -0.25) is 14.5 Å². The number of hydrogen-bond acceptors (Lipinski definition) is 11. The van der Waals surface area contributed by atoms with E-state index in [1.54, 1.807) is 23.6 Å². The molecular formula is C20H19N7O5S3. The number of amides is 2. The predicted molar refractivity (Wildman–Crippen MR) is 127 cm³/mol. The fraction of sp³-hybridized carbons (Fsp3) is 0.300. The number of aromatic nitrogens is 3. The Labute approximate surface area is 210 Å². The SMILES string of the molecule is CCO/N=C(\C(=O)N[C@@H]1C(=O)N2C(C(=O)[O-])=C(C[n+]3cc4sccn4c3)CS[C@H]12)c1csc(N)n1. The predicted octanol–water partition coefficient (Wildman–Crippen LogP) is -0.828. The van der Waals surface area contributed by atoms with Gasteiger partial charge in [-0.1, -0.05) is 16.5 Å². The minimum atomic E-state index is -1.43. The van der Waals surface area contributed by atoms with Crippen molar-refractivity contribution in [1.29, 1.82) is 0 Å². The van der Waals surface area contributed by atoms with Gasteiger partial charge in [0.1, 0.15) is 42.7 Å². The van der Waals surface area contributed by atoms with Gasteiger partial charge >= 0.3 is 0 Å². The van der Waals surface area contributed by atoms with Gasteiger partial charge in [-0.15, -0.1) is 23.1 Å². The number of fused-ring (bicyclic) bond motifs is 2. The lowest BCUT2D eigenvalue weighted by atomic mass is 10.0. The van der Waals surface area contributed by atoms with E-state index in [2.05, 4.69) is 15.5 Å². The number of thiazole rings is 2. The average molecular weight is 534 g/mol. The summed E-state index contributed by atoms with van der Waals surface area (Å²) in [5.74, 6) is -2.27. The number of anilines is 1. The third-order valence-corrected chi connectivity index (χ3v) is 8.21. The second-order valence-electron chi connectivity index (χ2n) is 7.59. The van der Waals surface area contributed by atoms with Crippen molar-refractivity contribution in [2.24, 2.45) is 5.16 Å². The molecule has 1 fully saturated rings. The monoisotopic (exact) mass is 533 g/mol. The Morgan fingerprint density at radius 3 is 2.94 bits per heavy atom. The molecule has 3 N–H and O–H groups in total. The number of aliphatic carboxylic acids is 1. The molecular weight excluding hydrogens is 514 g/mol. The first-order valence-electron chi connectivity index (χ1n) is 10.4. The molecule has 0 aliphatic carbocycles. The summed E-state index contributed by atoms with van der Waals surface area (Å²) in [6.45, 7) is 2.24. The van der Waals surface area contributed by atoms with Gasteiger partial charge < -0.3 is 25.8 Å². The van der Waals surface area contributed by atoms with Crippen LogP contribution in [0.2, 0.25) is 0 Å². The number of nitrogen functional groups attached to an aromatic ring is 1. The maximum absolute atomic E-state index is 13.0. The van der Waals surface area contributed by atoms with E-state index >= 15 is 0 Å². The van der Waals surface area contributed by atoms with Crippen LogP contribution in [0.1, 0.15) is 12.6 Å². The van der Waals surface area contributed by atoms with Gasteiger partial charge in [0, 0.05) is 22.1 Å². The van der Waals surface area contributed by atoms with E-state index < -0.39 is 29.2 Å². The highest BCUT2D eigenvalue weighted by Gasteiger charge is 2.53. The number of carboxylic acids is 1. The molecule has 0 unspecified atom stereocenters. The highest BCUT2D eigenvalue weighted by atomic mass is 32.2. The summed E-state index contributed by atoms with van der Waals surface area (Å²) in [7, 11) is 0. The molecule has 5 heterocycles. The van der Waals surface area contributed by atoms with E-state index in [4.69, 9.17) is 10.6 Å². The number of nitrogens with zero attached hydrogens (tertiary/aromatic N) is 5. The molecule has 1 saturated heterocycles. The zero-order valence-corrected chi connectivity index (χ0v) is 20.7. The lowest BCUT2D eigenvalue weighted by molar-refractivity contribution is -0.687. The van der Waals surface area contributed by atoms with Crippen molar-refractivity contribution < 1.29 is 28.9 Å². The van der Waals surface area contributed by atoms with Gasteiger partial charge in [-0.25, -0.2) is 9.55 Å². The Hall–Kier alpha value is -3.43. The first-order chi connectivity index (χ1) is 16.9. The topological polar surface area (TPSA) is 158 Å². The number of carboxylic acid groups (broad SMARTS) is 1. The van der Waals surface area contributed by atoms with Crippen LogP contribution >= 0.6 is 34.4 Å².